The van der Waals surface area contributed by atoms with Crippen molar-refractivity contribution < 1.29 is 15.0 Å². The van der Waals surface area contributed by atoms with Crippen LogP contribution in [0.2, 0.25) is 0 Å². The number of nitrogens with one attached hydrogen (secondary N) is 2. The number of carbonyl (C=O) groups excluding carboxylic acids is 1. The van der Waals surface area contributed by atoms with Crippen LogP contribution in [0.1, 0.15) is 40.2 Å². The fourth-order valence-corrected chi connectivity index (χ4v) is 3.11. The van der Waals surface area contributed by atoms with E-state index in [1.165, 1.54) is 6.20 Å². The number of pyridine rings is 1. The van der Waals surface area contributed by atoms with Gasteiger partial charge in [-0.05, 0) is 38.8 Å². The summed E-state index contributed by atoms with van der Waals surface area (Å²) in [5.41, 5.74) is 1.60. The van der Waals surface area contributed by atoms with Crippen LogP contribution < -0.4 is 10.6 Å². The average molecular weight is 360 g/mol. The molecule has 0 saturated carbocycles. The van der Waals surface area contributed by atoms with Gasteiger partial charge in [0, 0.05) is 30.4 Å². The van der Waals surface area contributed by atoms with Gasteiger partial charge in [-0.25, -0.2) is 0 Å². The van der Waals surface area contributed by atoms with Gasteiger partial charge in [0.2, 0.25) is 0 Å². The third kappa shape index (κ3) is 4.17. The molecule has 2 aromatic rings. The summed E-state index contributed by atoms with van der Waals surface area (Å²) in [6.45, 7) is 4.20. The maximum atomic E-state index is 12.3. The molecule has 3 rings (SSSR count). The van der Waals surface area contributed by atoms with Gasteiger partial charge in [0.25, 0.3) is 5.91 Å². The highest BCUT2D eigenvalue weighted by Crippen LogP contribution is 2.23. The highest BCUT2D eigenvalue weighted by Gasteiger charge is 2.17. The van der Waals surface area contributed by atoms with Gasteiger partial charge in [0.1, 0.15) is 5.75 Å². The van der Waals surface area contributed by atoms with E-state index in [-0.39, 0.29) is 30.5 Å². The molecule has 1 amide bonds. The van der Waals surface area contributed by atoms with Crippen molar-refractivity contribution in [3.05, 3.63) is 34.9 Å². The van der Waals surface area contributed by atoms with E-state index in [0.717, 1.165) is 32.5 Å². The van der Waals surface area contributed by atoms with Gasteiger partial charge in [-0.15, -0.1) is 5.10 Å². The summed E-state index contributed by atoms with van der Waals surface area (Å²) in [4.78, 5) is 16.3. The predicted molar refractivity (Wildman–Crippen MR) is 93.3 cm³/mol. The standard InChI is InChI=1S/C17H24N6O3/c1-11-16(25)14(13(10-24)6-19-11)7-20-17(26)15-9-23(22-21-15)8-12-3-2-4-18-5-12/h6,9,12,18,24-25H,2-5,7-8,10H2,1H3,(H,20,26)/t12-/m0/s1. The minimum Gasteiger partial charge on any atom is -0.506 e. The SMILES string of the molecule is Cc1ncc(CO)c(CNC(=O)c2cn(C[C@H]3CCCNC3)nn2)c1O. The Morgan fingerprint density at radius 1 is 1.50 bits per heavy atom. The fraction of sp³-hybridized carbons (Fsp3) is 0.529. The molecule has 0 aromatic carbocycles. The summed E-state index contributed by atoms with van der Waals surface area (Å²) in [5.74, 6) is 0.0892. The van der Waals surface area contributed by atoms with Gasteiger partial charge < -0.3 is 20.8 Å². The van der Waals surface area contributed by atoms with Crippen LogP contribution in [0.25, 0.3) is 0 Å². The van der Waals surface area contributed by atoms with Gasteiger partial charge in [-0.2, -0.15) is 0 Å². The Balaban J connectivity index is 1.61. The number of hydrogen-bond donors (Lipinski definition) is 4. The third-order valence-corrected chi connectivity index (χ3v) is 4.64. The number of piperidine rings is 1. The van der Waals surface area contributed by atoms with Crippen molar-refractivity contribution in [1.29, 1.82) is 0 Å². The first-order valence-electron chi connectivity index (χ1n) is 8.74. The summed E-state index contributed by atoms with van der Waals surface area (Å²) in [5, 5.41) is 33.5. The molecule has 1 aliphatic rings. The number of aromatic nitrogens is 4. The molecule has 1 saturated heterocycles. The molecule has 1 atom stereocenters. The van der Waals surface area contributed by atoms with Crippen molar-refractivity contribution in [2.75, 3.05) is 13.1 Å². The lowest BCUT2D eigenvalue weighted by atomic mass is 10.00. The molecule has 0 aliphatic carbocycles. The number of aliphatic hydroxyl groups excluding tert-OH is 1. The zero-order valence-corrected chi connectivity index (χ0v) is 14.8. The molecule has 1 fully saturated rings. The second kappa shape index (κ2) is 8.24. The number of rotatable bonds is 6. The lowest BCUT2D eigenvalue weighted by Crippen LogP contribution is -2.32. The molecule has 0 bridgehead atoms. The lowest BCUT2D eigenvalue weighted by Gasteiger charge is -2.22. The molecule has 0 radical (unpaired) electrons. The first-order chi connectivity index (χ1) is 12.6. The van der Waals surface area contributed by atoms with Gasteiger partial charge in [0.05, 0.1) is 18.5 Å². The van der Waals surface area contributed by atoms with Crippen molar-refractivity contribution in [2.45, 2.75) is 39.5 Å². The zero-order valence-electron chi connectivity index (χ0n) is 14.8. The Kier molecular flexibility index (Phi) is 5.79. The van der Waals surface area contributed by atoms with Gasteiger partial charge in [-0.3, -0.25) is 14.5 Å². The Morgan fingerprint density at radius 2 is 2.35 bits per heavy atom. The van der Waals surface area contributed by atoms with Gasteiger partial charge in [0.15, 0.2) is 5.69 Å². The van der Waals surface area contributed by atoms with Crippen LogP contribution in [0.5, 0.6) is 5.75 Å². The third-order valence-electron chi connectivity index (χ3n) is 4.64. The van der Waals surface area contributed by atoms with Crippen molar-refractivity contribution >= 4 is 5.91 Å². The molecule has 140 valence electrons. The number of amides is 1. The second-order valence-electron chi connectivity index (χ2n) is 6.57. The number of carbonyl (C=O) groups is 1. The van der Waals surface area contributed by atoms with E-state index in [1.54, 1.807) is 17.8 Å². The fourth-order valence-electron chi connectivity index (χ4n) is 3.11. The largest absolute Gasteiger partial charge is 0.506 e. The second-order valence-corrected chi connectivity index (χ2v) is 6.57. The Labute approximate surface area is 151 Å². The molecular formula is C17H24N6O3. The van der Waals surface area contributed by atoms with E-state index in [1.807, 2.05) is 0 Å². The van der Waals surface area contributed by atoms with Crippen molar-refractivity contribution in [3.8, 4) is 5.75 Å². The minimum absolute atomic E-state index is 0.0229. The Hall–Kier alpha value is -2.52. The van der Waals surface area contributed by atoms with Gasteiger partial charge >= 0.3 is 0 Å². The first-order valence-corrected chi connectivity index (χ1v) is 8.74. The van der Waals surface area contributed by atoms with E-state index < -0.39 is 0 Å². The summed E-state index contributed by atoms with van der Waals surface area (Å²) in [6, 6.07) is 0. The van der Waals surface area contributed by atoms with E-state index in [9.17, 15) is 15.0 Å². The van der Waals surface area contributed by atoms with Crippen LogP contribution in [0.15, 0.2) is 12.4 Å². The monoisotopic (exact) mass is 360 g/mol. The van der Waals surface area contributed by atoms with Crippen molar-refractivity contribution in [1.82, 2.24) is 30.6 Å². The normalized spacial score (nSPS) is 17.2. The van der Waals surface area contributed by atoms with Crippen LogP contribution in [0.4, 0.5) is 0 Å². The summed E-state index contributed by atoms with van der Waals surface area (Å²) in [6.07, 6.45) is 5.41. The zero-order chi connectivity index (χ0) is 18.5. The summed E-state index contributed by atoms with van der Waals surface area (Å²) in [7, 11) is 0. The molecular weight excluding hydrogens is 336 g/mol. The summed E-state index contributed by atoms with van der Waals surface area (Å²) >= 11 is 0. The topological polar surface area (TPSA) is 125 Å². The Morgan fingerprint density at radius 3 is 3.08 bits per heavy atom. The molecule has 9 nitrogen and oxygen atoms in total. The highest BCUT2D eigenvalue weighted by atomic mass is 16.3. The van der Waals surface area contributed by atoms with Crippen LogP contribution >= 0.6 is 0 Å². The molecule has 4 N–H and O–H groups in total. The van der Waals surface area contributed by atoms with Crippen LogP contribution in [0.3, 0.4) is 0 Å². The Bertz CT molecular complexity index is 770. The predicted octanol–water partition coefficient (Wildman–Crippen LogP) is 0.109. The maximum absolute atomic E-state index is 12.3. The molecule has 1 aliphatic heterocycles. The lowest BCUT2D eigenvalue weighted by molar-refractivity contribution is 0.0945. The number of aliphatic hydroxyl groups is 1. The number of aromatic hydroxyl groups is 1. The minimum atomic E-state index is -0.379. The average Bonchev–Trinajstić information content (AvgIpc) is 3.12. The molecule has 3 heterocycles. The first kappa shape index (κ1) is 18.3. The van der Waals surface area contributed by atoms with Crippen LogP contribution in [0, 0.1) is 12.8 Å². The van der Waals surface area contributed by atoms with Crippen molar-refractivity contribution in [2.24, 2.45) is 5.92 Å². The van der Waals surface area contributed by atoms with Crippen LogP contribution in [-0.2, 0) is 19.7 Å². The van der Waals surface area contributed by atoms with E-state index in [4.69, 9.17) is 0 Å². The maximum Gasteiger partial charge on any atom is 0.273 e. The number of aryl methyl sites for hydroxylation is 1. The van der Waals surface area contributed by atoms with E-state index in [0.29, 0.717) is 22.7 Å². The number of nitrogens with zero attached hydrogens (tertiary/aromatic N) is 4. The van der Waals surface area contributed by atoms with E-state index >= 15 is 0 Å². The molecule has 26 heavy (non-hydrogen) atoms. The quantitative estimate of drug-likeness (QED) is 0.576. The molecule has 0 spiro atoms. The van der Waals surface area contributed by atoms with Crippen molar-refractivity contribution in [3.63, 3.8) is 0 Å². The van der Waals surface area contributed by atoms with E-state index in [2.05, 4.69) is 25.9 Å². The smallest absolute Gasteiger partial charge is 0.273 e. The molecule has 2 aromatic heterocycles. The highest BCUT2D eigenvalue weighted by molar-refractivity contribution is 5.91. The number of hydrogen-bond acceptors (Lipinski definition) is 7. The van der Waals surface area contributed by atoms with Crippen LogP contribution in [-0.4, -0.2) is 49.2 Å². The van der Waals surface area contributed by atoms with Gasteiger partial charge in [-0.1, -0.05) is 5.21 Å². The molecule has 9 heteroatoms. The molecule has 0 unspecified atom stereocenters. The summed E-state index contributed by atoms with van der Waals surface area (Å²) < 4.78 is 1.69.